The first-order valence-corrected chi connectivity index (χ1v) is 10.2. The van der Waals surface area contributed by atoms with Crippen LogP contribution in [0.25, 0.3) is 0 Å². The number of nitrogens with one attached hydrogen (secondary N) is 1. The first kappa shape index (κ1) is 20.3. The van der Waals surface area contributed by atoms with E-state index in [2.05, 4.69) is 46.0 Å². The Bertz CT molecular complexity index is 476. The average molecular weight is 352 g/mol. The highest BCUT2D eigenvalue weighted by Crippen LogP contribution is 2.53. The van der Waals surface area contributed by atoms with Crippen molar-refractivity contribution in [3.63, 3.8) is 0 Å². The van der Waals surface area contributed by atoms with E-state index in [4.69, 9.17) is 9.47 Å². The number of fused-ring (bicyclic) bond motifs is 2. The maximum atomic E-state index is 12.0. The van der Waals surface area contributed by atoms with Gasteiger partial charge in [0.25, 0.3) is 0 Å². The molecule has 1 fully saturated rings. The number of hydrogen-bond donors (Lipinski definition) is 1. The molecule has 4 nitrogen and oxygen atoms in total. The van der Waals surface area contributed by atoms with Gasteiger partial charge >= 0.3 is 6.09 Å². The van der Waals surface area contributed by atoms with Crippen molar-refractivity contribution in [2.24, 2.45) is 23.2 Å². The van der Waals surface area contributed by atoms with Gasteiger partial charge < -0.3 is 14.8 Å². The summed E-state index contributed by atoms with van der Waals surface area (Å²) in [5.41, 5.74) is 1.35. The normalized spacial score (nSPS) is 34.4. The molecule has 0 aromatic carbocycles. The number of alkyl carbamates (subject to hydrolysis) is 1. The maximum absolute atomic E-state index is 12.0. The van der Waals surface area contributed by atoms with E-state index < -0.39 is 0 Å². The Morgan fingerprint density at radius 3 is 2.72 bits per heavy atom. The van der Waals surface area contributed by atoms with Crippen LogP contribution in [-0.4, -0.2) is 32.0 Å². The molecule has 2 aliphatic rings. The molecule has 1 aliphatic heterocycles. The molecule has 0 aromatic heterocycles. The third-order valence-corrected chi connectivity index (χ3v) is 6.47. The quantitative estimate of drug-likeness (QED) is 0.498. The molecule has 0 unspecified atom stereocenters. The van der Waals surface area contributed by atoms with Gasteiger partial charge in [-0.25, -0.2) is 4.79 Å². The van der Waals surface area contributed by atoms with Gasteiger partial charge in [0.1, 0.15) is 6.61 Å². The molecule has 2 bridgehead atoms. The molecule has 1 saturated heterocycles. The van der Waals surface area contributed by atoms with Gasteiger partial charge in [-0.3, -0.25) is 0 Å². The Labute approximate surface area is 153 Å². The fraction of sp³-hybridized carbons (Fsp3) is 0.857. The predicted octanol–water partition coefficient (Wildman–Crippen LogP) is 4.94. The minimum absolute atomic E-state index is 0.102. The molecule has 1 heterocycles. The van der Waals surface area contributed by atoms with E-state index in [-0.39, 0.29) is 11.5 Å². The molecule has 1 aliphatic carbocycles. The van der Waals surface area contributed by atoms with Crippen molar-refractivity contribution in [3.05, 3.63) is 11.6 Å². The third kappa shape index (κ3) is 4.39. The van der Waals surface area contributed by atoms with Crippen LogP contribution in [-0.2, 0) is 9.47 Å². The number of amides is 1. The fourth-order valence-electron chi connectivity index (χ4n) is 4.67. The van der Waals surface area contributed by atoms with Gasteiger partial charge in [-0.1, -0.05) is 58.6 Å². The molecule has 144 valence electrons. The van der Waals surface area contributed by atoms with E-state index in [9.17, 15) is 4.79 Å². The molecular formula is C21H37NO3. The first-order chi connectivity index (χ1) is 12.0. The zero-order valence-corrected chi connectivity index (χ0v) is 16.8. The van der Waals surface area contributed by atoms with Gasteiger partial charge in [-0.2, -0.15) is 0 Å². The van der Waals surface area contributed by atoms with Crippen LogP contribution in [0.4, 0.5) is 4.79 Å². The van der Waals surface area contributed by atoms with Crippen molar-refractivity contribution in [2.75, 3.05) is 19.8 Å². The lowest BCUT2D eigenvalue weighted by Gasteiger charge is -2.55. The molecule has 4 heteroatoms. The molecule has 1 N–H and O–H groups in total. The van der Waals surface area contributed by atoms with Crippen molar-refractivity contribution < 1.29 is 14.3 Å². The Balaban J connectivity index is 2.05. The van der Waals surface area contributed by atoms with Crippen molar-refractivity contribution in [1.29, 1.82) is 0 Å². The lowest BCUT2D eigenvalue weighted by molar-refractivity contribution is -0.165. The highest BCUT2D eigenvalue weighted by molar-refractivity contribution is 5.67. The first-order valence-electron chi connectivity index (χ1n) is 10.2. The van der Waals surface area contributed by atoms with Gasteiger partial charge in [0, 0.05) is 17.9 Å². The molecule has 1 amide bonds. The lowest BCUT2D eigenvalue weighted by Crippen LogP contribution is -2.57. The van der Waals surface area contributed by atoms with E-state index in [1.54, 1.807) is 0 Å². The van der Waals surface area contributed by atoms with Crippen LogP contribution in [0.1, 0.15) is 66.7 Å². The van der Waals surface area contributed by atoms with Gasteiger partial charge in [-0.05, 0) is 31.6 Å². The number of rotatable bonds is 8. The number of carbonyl (C=O) groups is 1. The second-order valence-corrected chi connectivity index (χ2v) is 8.10. The van der Waals surface area contributed by atoms with E-state index >= 15 is 0 Å². The monoisotopic (exact) mass is 351 g/mol. The van der Waals surface area contributed by atoms with Gasteiger partial charge in [0.05, 0.1) is 12.7 Å². The summed E-state index contributed by atoms with van der Waals surface area (Å²) in [6, 6.07) is 0. The van der Waals surface area contributed by atoms with Crippen LogP contribution >= 0.6 is 0 Å². The molecule has 25 heavy (non-hydrogen) atoms. The average Bonchev–Trinajstić information content (AvgIpc) is 2.58. The fourth-order valence-corrected chi connectivity index (χ4v) is 4.67. The number of hydrogen-bond acceptors (Lipinski definition) is 3. The van der Waals surface area contributed by atoms with Crippen molar-refractivity contribution >= 4 is 6.09 Å². The van der Waals surface area contributed by atoms with Crippen LogP contribution in [0.2, 0.25) is 0 Å². The molecule has 5 atom stereocenters. The van der Waals surface area contributed by atoms with Crippen molar-refractivity contribution in [3.8, 4) is 0 Å². The zero-order chi connectivity index (χ0) is 18.4. The minimum atomic E-state index is -0.293. The SMILES string of the molecule is CCCCNC(=O)OC[C@]12CO[C@@H](CCCC)[C@H](C(C)=C[C@H]1C)[C@H]2C. The second-order valence-electron chi connectivity index (χ2n) is 8.10. The summed E-state index contributed by atoms with van der Waals surface area (Å²) < 4.78 is 12.0. The van der Waals surface area contributed by atoms with Gasteiger partial charge in [0.2, 0.25) is 0 Å². The van der Waals surface area contributed by atoms with Crippen LogP contribution < -0.4 is 5.32 Å². The summed E-state index contributed by atoms with van der Waals surface area (Å²) >= 11 is 0. The van der Waals surface area contributed by atoms with E-state index in [1.807, 2.05) is 0 Å². The summed E-state index contributed by atoms with van der Waals surface area (Å²) in [7, 11) is 0. The van der Waals surface area contributed by atoms with Crippen molar-refractivity contribution in [2.45, 2.75) is 72.8 Å². The highest BCUT2D eigenvalue weighted by atomic mass is 16.6. The Morgan fingerprint density at radius 2 is 2.04 bits per heavy atom. The molecule has 0 aromatic rings. The molecule has 0 spiro atoms. The standard InChI is InChI=1S/C21H37NO3/c1-6-8-10-18-19-15(3)12-16(4)21(13-24-18,17(19)5)14-25-20(23)22-11-9-7-2/h12,16-19H,6-11,13-14H2,1-5H3,(H,22,23)/t16-,17-,18+,19-,21-/m1/s1. The Kier molecular flexibility index (Phi) is 7.36. The third-order valence-electron chi connectivity index (χ3n) is 6.47. The van der Waals surface area contributed by atoms with E-state index in [0.717, 1.165) is 19.3 Å². The zero-order valence-electron chi connectivity index (χ0n) is 16.8. The number of carbonyl (C=O) groups excluding carboxylic acids is 1. The molecule has 0 radical (unpaired) electrons. The topological polar surface area (TPSA) is 47.6 Å². The smallest absolute Gasteiger partial charge is 0.407 e. The van der Waals surface area contributed by atoms with E-state index in [0.29, 0.717) is 43.6 Å². The van der Waals surface area contributed by atoms with Crippen molar-refractivity contribution in [1.82, 2.24) is 5.32 Å². The lowest BCUT2D eigenvalue weighted by atomic mass is 9.56. The summed E-state index contributed by atoms with van der Waals surface area (Å²) in [5.74, 6) is 1.27. The number of allylic oxidation sites excluding steroid dienone is 1. The summed E-state index contributed by atoms with van der Waals surface area (Å²) in [5, 5.41) is 2.85. The molecular weight excluding hydrogens is 314 g/mol. The van der Waals surface area contributed by atoms with E-state index in [1.165, 1.54) is 18.4 Å². The predicted molar refractivity (Wildman–Crippen MR) is 102 cm³/mol. The van der Waals surface area contributed by atoms with Crippen LogP contribution in [0.5, 0.6) is 0 Å². The number of ether oxygens (including phenoxy) is 2. The molecule has 0 saturated carbocycles. The minimum Gasteiger partial charge on any atom is -0.449 e. The Morgan fingerprint density at radius 1 is 1.32 bits per heavy atom. The maximum Gasteiger partial charge on any atom is 0.407 e. The van der Waals surface area contributed by atoms with Gasteiger partial charge in [0.15, 0.2) is 0 Å². The highest BCUT2D eigenvalue weighted by Gasteiger charge is 2.53. The van der Waals surface area contributed by atoms with Gasteiger partial charge in [-0.15, -0.1) is 0 Å². The summed E-state index contributed by atoms with van der Waals surface area (Å²) in [4.78, 5) is 12.0. The van der Waals surface area contributed by atoms with Crippen LogP contribution in [0.3, 0.4) is 0 Å². The summed E-state index contributed by atoms with van der Waals surface area (Å²) in [6.45, 7) is 13.0. The number of unbranched alkanes of at least 4 members (excludes halogenated alkanes) is 2. The van der Waals surface area contributed by atoms with Crippen LogP contribution in [0.15, 0.2) is 11.6 Å². The van der Waals surface area contributed by atoms with Crippen LogP contribution in [0, 0.1) is 23.2 Å². The Hall–Kier alpha value is -1.03. The largest absolute Gasteiger partial charge is 0.449 e. The molecule has 2 rings (SSSR count). The second kappa shape index (κ2) is 9.07. The summed E-state index contributed by atoms with van der Waals surface area (Å²) in [6.07, 6.45) is 8.00.